The maximum absolute atomic E-state index is 13.3. The fraction of sp³-hybridized carbons (Fsp3) is 0.625. The highest BCUT2D eigenvalue weighted by molar-refractivity contribution is 5.27. The van der Waals surface area contributed by atoms with Crippen LogP contribution in [0.2, 0.25) is 0 Å². The Balaban J connectivity index is 2.77. The molecule has 0 saturated heterocycles. The summed E-state index contributed by atoms with van der Waals surface area (Å²) in [5.41, 5.74) is 2.31. The van der Waals surface area contributed by atoms with Crippen LogP contribution in [0.25, 0.3) is 0 Å². The van der Waals surface area contributed by atoms with Gasteiger partial charge in [0.1, 0.15) is 5.82 Å². The first-order valence-electron chi connectivity index (χ1n) is 7.06. The molecule has 0 amide bonds. The van der Waals surface area contributed by atoms with Gasteiger partial charge in [-0.25, -0.2) is 4.39 Å². The first-order valence-corrected chi connectivity index (χ1v) is 7.06. The third kappa shape index (κ3) is 4.41. The molecule has 0 saturated carbocycles. The molecule has 2 atom stereocenters. The molecule has 0 heterocycles. The predicted molar refractivity (Wildman–Crippen MR) is 76.4 cm³/mol. The van der Waals surface area contributed by atoms with E-state index in [-0.39, 0.29) is 5.82 Å². The summed E-state index contributed by atoms with van der Waals surface area (Å²) in [6.07, 6.45) is 3.20. The zero-order valence-electron chi connectivity index (χ0n) is 12.1. The van der Waals surface area contributed by atoms with Gasteiger partial charge in [0.2, 0.25) is 0 Å². The van der Waals surface area contributed by atoms with Crippen LogP contribution in [0.3, 0.4) is 0 Å². The van der Waals surface area contributed by atoms with E-state index in [2.05, 4.69) is 33.0 Å². The summed E-state index contributed by atoms with van der Waals surface area (Å²) in [6, 6.07) is 5.53. The minimum Gasteiger partial charge on any atom is -0.313 e. The van der Waals surface area contributed by atoms with Crippen molar-refractivity contribution in [2.24, 2.45) is 5.92 Å². The standard InChI is InChI=1S/C16H26FN/c1-5-9-18-16(12(3)6-2)11-14-10-15(17)8-7-13(14)4/h7-8,10,12,16,18H,5-6,9,11H2,1-4H3. The molecule has 2 unspecified atom stereocenters. The number of halogens is 1. The molecule has 0 radical (unpaired) electrons. The van der Waals surface area contributed by atoms with E-state index in [1.807, 2.05) is 6.07 Å². The molecule has 0 spiro atoms. The van der Waals surface area contributed by atoms with Gasteiger partial charge in [0.15, 0.2) is 0 Å². The highest BCUT2D eigenvalue weighted by atomic mass is 19.1. The summed E-state index contributed by atoms with van der Waals surface area (Å²) in [5.74, 6) is 0.480. The zero-order valence-corrected chi connectivity index (χ0v) is 12.1. The van der Waals surface area contributed by atoms with Crippen molar-refractivity contribution in [3.63, 3.8) is 0 Å². The van der Waals surface area contributed by atoms with E-state index in [0.29, 0.717) is 12.0 Å². The monoisotopic (exact) mass is 251 g/mol. The summed E-state index contributed by atoms with van der Waals surface area (Å²) in [4.78, 5) is 0. The molecule has 0 aliphatic carbocycles. The molecule has 0 aromatic heterocycles. The third-order valence-electron chi connectivity index (χ3n) is 3.74. The van der Waals surface area contributed by atoms with Crippen molar-refractivity contribution in [3.8, 4) is 0 Å². The lowest BCUT2D eigenvalue weighted by molar-refractivity contribution is 0.364. The SMILES string of the molecule is CCCNC(Cc1cc(F)ccc1C)C(C)CC. The van der Waals surface area contributed by atoms with Gasteiger partial charge in [-0.3, -0.25) is 0 Å². The van der Waals surface area contributed by atoms with E-state index < -0.39 is 0 Å². The lowest BCUT2D eigenvalue weighted by Gasteiger charge is -2.25. The molecule has 1 N–H and O–H groups in total. The first kappa shape index (κ1) is 15.2. The van der Waals surface area contributed by atoms with Crippen LogP contribution < -0.4 is 5.32 Å². The molecule has 0 fully saturated rings. The summed E-state index contributed by atoms with van der Waals surface area (Å²) >= 11 is 0. The lowest BCUT2D eigenvalue weighted by atomic mass is 9.91. The van der Waals surface area contributed by atoms with E-state index in [4.69, 9.17) is 0 Å². The van der Waals surface area contributed by atoms with Crippen molar-refractivity contribution < 1.29 is 4.39 Å². The van der Waals surface area contributed by atoms with E-state index in [9.17, 15) is 4.39 Å². The van der Waals surface area contributed by atoms with Gasteiger partial charge in [0.05, 0.1) is 0 Å². The van der Waals surface area contributed by atoms with E-state index in [1.54, 1.807) is 6.07 Å². The van der Waals surface area contributed by atoms with Gasteiger partial charge in [0.25, 0.3) is 0 Å². The Labute approximate surface area is 111 Å². The third-order valence-corrected chi connectivity index (χ3v) is 3.74. The molecule has 1 rings (SSSR count). The van der Waals surface area contributed by atoms with Crippen LogP contribution in [0.5, 0.6) is 0 Å². The lowest BCUT2D eigenvalue weighted by Crippen LogP contribution is -2.37. The summed E-state index contributed by atoms with van der Waals surface area (Å²) in [7, 11) is 0. The number of hydrogen-bond donors (Lipinski definition) is 1. The van der Waals surface area contributed by atoms with Crippen molar-refractivity contribution >= 4 is 0 Å². The van der Waals surface area contributed by atoms with Crippen molar-refractivity contribution in [1.82, 2.24) is 5.32 Å². The minimum absolute atomic E-state index is 0.131. The topological polar surface area (TPSA) is 12.0 Å². The van der Waals surface area contributed by atoms with Gasteiger partial charge in [-0.1, -0.05) is 33.3 Å². The molecule has 2 heteroatoms. The maximum Gasteiger partial charge on any atom is 0.123 e. The smallest absolute Gasteiger partial charge is 0.123 e. The molecule has 0 bridgehead atoms. The number of benzene rings is 1. The van der Waals surface area contributed by atoms with Crippen LogP contribution in [0.4, 0.5) is 4.39 Å². The number of hydrogen-bond acceptors (Lipinski definition) is 1. The van der Waals surface area contributed by atoms with Crippen LogP contribution in [0, 0.1) is 18.7 Å². The van der Waals surface area contributed by atoms with Gasteiger partial charge in [-0.2, -0.15) is 0 Å². The first-order chi connectivity index (χ1) is 8.58. The fourth-order valence-electron chi connectivity index (χ4n) is 2.19. The largest absolute Gasteiger partial charge is 0.313 e. The Bertz CT molecular complexity index is 362. The second kappa shape index (κ2) is 7.52. The second-order valence-corrected chi connectivity index (χ2v) is 5.22. The van der Waals surface area contributed by atoms with Crippen molar-refractivity contribution in [1.29, 1.82) is 0 Å². The molecule has 1 aromatic carbocycles. The molecular formula is C16H26FN. The van der Waals surface area contributed by atoms with Crippen molar-refractivity contribution in [3.05, 3.63) is 35.1 Å². The summed E-state index contributed by atoms with van der Waals surface area (Å²) in [5, 5.41) is 3.59. The number of nitrogens with one attached hydrogen (secondary N) is 1. The number of rotatable bonds is 7. The molecular weight excluding hydrogens is 225 g/mol. The molecule has 1 nitrogen and oxygen atoms in total. The van der Waals surface area contributed by atoms with Crippen molar-refractivity contribution in [2.75, 3.05) is 6.54 Å². The van der Waals surface area contributed by atoms with E-state index in [0.717, 1.165) is 31.4 Å². The molecule has 0 aliphatic heterocycles. The summed E-state index contributed by atoms with van der Waals surface area (Å²) < 4.78 is 13.3. The minimum atomic E-state index is -0.131. The molecule has 0 aliphatic rings. The normalized spacial score (nSPS) is 14.5. The van der Waals surface area contributed by atoms with Crippen LogP contribution >= 0.6 is 0 Å². The Morgan fingerprint density at radius 1 is 1.28 bits per heavy atom. The maximum atomic E-state index is 13.3. The quantitative estimate of drug-likeness (QED) is 0.769. The molecule has 102 valence electrons. The van der Waals surface area contributed by atoms with Crippen LogP contribution in [-0.2, 0) is 6.42 Å². The Morgan fingerprint density at radius 2 is 2.00 bits per heavy atom. The van der Waals surface area contributed by atoms with Crippen LogP contribution in [0.15, 0.2) is 18.2 Å². The van der Waals surface area contributed by atoms with Crippen LogP contribution in [-0.4, -0.2) is 12.6 Å². The Hall–Kier alpha value is -0.890. The van der Waals surface area contributed by atoms with Gasteiger partial charge in [-0.15, -0.1) is 0 Å². The molecule has 18 heavy (non-hydrogen) atoms. The fourth-order valence-corrected chi connectivity index (χ4v) is 2.19. The second-order valence-electron chi connectivity index (χ2n) is 5.22. The highest BCUT2D eigenvalue weighted by Crippen LogP contribution is 2.17. The van der Waals surface area contributed by atoms with E-state index in [1.165, 1.54) is 11.6 Å². The Morgan fingerprint density at radius 3 is 2.61 bits per heavy atom. The van der Waals surface area contributed by atoms with E-state index >= 15 is 0 Å². The van der Waals surface area contributed by atoms with Gasteiger partial charge in [0, 0.05) is 6.04 Å². The van der Waals surface area contributed by atoms with Crippen LogP contribution in [0.1, 0.15) is 44.7 Å². The predicted octanol–water partition coefficient (Wildman–Crippen LogP) is 4.09. The zero-order chi connectivity index (χ0) is 13.5. The highest BCUT2D eigenvalue weighted by Gasteiger charge is 2.16. The summed E-state index contributed by atoms with van der Waals surface area (Å²) in [6.45, 7) is 9.74. The molecule has 1 aromatic rings. The number of aryl methyl sites for hydroxylation is 1. The average Bonchev–Trinajstić information content (AvgIpc) is 2.37. The van der Waals surface area contributed by atoms with Gasteiger partial charge >= 0.3 is 0 Å². The van der Waals surface area contributed by atoms with Gasteiger partial charge in [-0.05, 0) is 55.5 Å². The average molecular weight is 251 g/mol. The van der Waals surface area contributed by atoms with Crippen molar-refractivity contribution in [2.45, 2.75) is 53.0 Å². The van der Waals surface area contributed by atoms with Gasteiger partial charge < -0.3 is 5.32 Å². The Kier molecular flexibility index (Phi) is 6.34.